The third kappa shape index (κ3) is 1.97. The van der Waals surface area contributed by atoms with Gasteiger partial charge in [-0.1, -0.05) is 18.2 Å². The van der Waals surface area contributed by atoms with Crippen LogP contribution >= 0.6 is 0 Å². The fourth-order valence-electron chi connectivity index (χ4n) is 3.12. The summed E-state index contributed by atoms with van der Waals surface area (Å²) in [6.45, 7) is 2.06. The molecule has 3 N–H and O–H groups in total. The van der Waals surface area contributed by atoms with Crippen LogP contribution in [0.4, 0.5) is 5.82 Å². The maximum absolute atomic E-state index is 6.12. The van der Waals surface area contributed by atoms with Crippen molar-refractivity contribution in [1.29, 1.82) is 0 Å². The predicted octanol–water partition coefficient (Wildman–Crippen LogP) is 2.08. The number of anilines is 1. The largest absolute Gasteiger partial charge is 0.382 e. The number of nitrogens with zero attached hydrogens (tertiary/aromatic N) is 3. The minimum atomic E-state index is 0.492. The van der Waals surface area contributed by atoms with Crippen LogP contribution in [0.2, 0.25) is 0 Å². The molecule has 21 heavy (non-hydrogen) atoms. The molecule has 106 valence electrons. The Balaban J connectivity index is 1.98. The Morgan fingerprint density at radius 2 is 2.05 bits per heavy atom. The molecule has 3 heterocycles. The van der Waals surface area contributed by atoms with E-state index in [4.69, 9.17) is 5.73 Å². The van der Waals surface area contributed by atoms with Gasteiger partial charge in [-0.2, -0.15) is 0 Å². The van der Waals surface area contributed by atoms with Crippen molar-refractivity contribution in [2.45, 2.75) is 12.3 Å². The van der Waals surface area contributed by atoms with E-state index < -0.39 is 0 Å². The third-order valence-electron chi connectivity index (χ3n) is 4.17. The standard InChI is InChI=1S/C16H17N5/c17-16-15-14(19-10-20-16)13(11-6-7-18-8-11)9-21(15)12-4-2-1-3-5-12/h1-5,9-11,18H,6-8H2,(H2,17,19,20). The van der Waals surface area contributed by atoms with Crippen LogP contribution in [0, 0.1) is 0 Å². The van der Waals surface area contributed by atoms with E-state index in [1.54, 1.807) is 6.33 Å². The zero-order valence-electron chi connectivity index (χ0n) is 11.7. The average molecular weight is 279 g/mol. The Hall–Kier alpha value is -2.40. The van der Waals surface area contributed by atoms with E-state index in [1.807, 2.05) is 18.2 Å². The number of benzene rings is 1. The van der Waals surface area contributed by atoms with E-state index in [2.05, 4.69) is 38.2 Å². The van der Waals surface area contributed by atoms with E-state index in [9.17, 15) is 0 Å². The van der Waals surface area contributed by atoms with E-state index in [-0.39, 0.29) is 0 Å². The minimum Gasteiger partial charge on any atom is -0.382 e. The molecule has 0 bridgehead atoms. The monoisotopic (exact) mass is 279 g/mol. The molecule has 1 fully saturated rings. The average Bonchev–Trinajstić information content (AvgIpc) is 3.16. The van der Waals surface area contributed by atoms with Crippen LogP contribution in [-0.4, -0.2) is 27.6 Å². The van der Waals surface area contributed by atoms with Gasteiger partial charge in [0, 0.05) is 29.9 Å². The molecule has 0 saturated carbocycles. The van der Waals surface area contributed by atoms with Crippen LogP contribution in [0.5, 0.6) is 0 Å². The van der Waals surface area contributed by atoms with Crippen molar-refractivity contribution in [2.24, 2.45) is 0 Å². The van der Waals surface area contributed by atoms with Crippen LogP contribution in [0.25, 0.3) is 16.7 Å². The van der Waals surface area contributed by atoms with Crippen LogP contribution in [0.15, 0.2) is 42.9 Å². The molecule has 5 nitrogen and oxygen atoms in total. The highest BCUT2D eigenvalue weighted by Crippen LogP contribution is 2.33. The summed E-state index contributed by atoms with van der Waals surface area (Å²) in [6.07, 6.45) is 4.86. The lowest BCUT2D eigenvalue weighted by atomic mass is 10.0. The zero-order valence-corrected chi connectivity index (χ0v) is 11.7. The maximum atomic E-state index is 6.12. The molecule has 0 aliphatic carbocycles. The second-order valence-electron chi connectivity index (χ2n) is 5.44. The Morgan fingerprint density at radius 3 is 2.81 bits per heavy atom. The molecule has 1 unspecified atom stereocenters. The first-order valence-electron chi connectivity index (χ1n) is 7.22. The van der Waals surface area contributed by atoms with Crippen LogP contribution < -0.4 is 11.1 Å². The highest BCUT2D eigenvalue weighted by molar-refractivity contribution is 5.90. The molecular formula is C16H17N5. The lowest BCUT2D eigenvalue weighted by Crippen LogP contribution is -2.07. The van der Waals surface area contributed by atoms with Gasteiger partial charge in [0.15, 0.2) is 5.82 Å². The van der Waals surface area contributed by atoms with E-state index in [1.165, 1.54) is 5.56 Å². The van der Waals surface area contributed by atoms with Gasteiger partial charge in [0.05, 0.1) is 5.52 Å². The number of hydrogen-bond acceptors (Lipinski definition) is 4. The Labute approximate surface area is 122 Å². The molecule has 1 aliphatic rings. The van der Waals surface area contributed by atoms with Crippen LogP contribution in [0.3, 0.4) is 0 Å². The lowest BCUT2D eigenvalue weighted by Gasteiger charge is -2.05. The molecule has 3 aromatic rings. The Morgan fingerprint density at radius 1 is 1.19 bits per heavy atom. The van der Waals surface area contributed by atoms with Crippen molar-refractivity contribution in [3.05, 3.63) is 48.4 Å². The smallest absolute Gasteiger partial charge is 0.151 e. The van der Waals surface area contributed by atoms with Gasteiger partial charge in [0.2, 0.25) is 0 Å². The molecule has 1 atom stereocenters. The summed E-state index contributed by atoms with van der Waals surface area (Å²) in [5, 5.41) is 3.42. The highest BCUT2D eigenvalue weighted by atomic mass is 15.0. The van der Waals surface area contributed by atoms with E-state index in [0.717, 1.165) is 36.2 Å². The predicted molar refractivity (Wildman–Crippen MR) is 83.5 cm³/mol. The number of para-hydroxylation sites is 1. The second-order valence-corrected chi connectivity index (χ2v) is 5.44. The summed E-state index contributed by atoms with van der Waals surface area (Å²) in [5.74, 6) is 1.02. The fourth-order valence-corrected chi connectivity index (χ4v) is 3.12. The van der Waals surface area contributed by atoms with Gasteiger partial charge < -0.3 is 15.6 Å². The number of nitrogen functional groups attached to an aromatic ring is 1. The van der Waals surface area contributed by atoms with Crippen molar-refractivity contribution < 1.29 is 0 Å². The first kappa shape index (κ1) is 12.3. The number of aromatic nitrogens is 3. The number of hydrogen-bond donors (Lipinski definition) is 2. The molecule has 2 aromatic heterocycles. The molecule has 0 amide bonds. The lowest BCUT2D eigenvalue weighted by molar-refractivity contribution is 0.765. The van der Waals surface area contributed by atoms with Gasteiger partial charge in [-0.3, -0.25) is 0 Å². The summed E-state index contributed by atoms with van der Waals surface area (Å²) in [6, 6.07) is 10.2. The summed E-state index contributed by atoms with van der Waals surface area (Å²) < 4.78 is 2.11. The van der Waals surface area contributed by atoms with Gasteiger partial charge in [-0.25, -0.2) is 9.97 Å². The molecule has 5 heteroatoms. The topological polar surface area (TPSA) is 68.8 Å². The fraction of sp³-hybridized carbons (Fsp3) is 0.250. The molecule has 1 aliphatic heterocycles. The van der Waals surface area contributed by atoms with Crippen molar-refractivity contribution in [3.8, 4) is 5.69 Å². The molecular weight excluding hydrogens is 262 g/mol. The normalized spacial score (nSPS) is 18.4. The summed E-state index contributed by atoms with van der Waals surface area (Å²) >= 11 is 0. The maximum Gasteiger partial charge on any atom is 0.151 e. The number of rotatable bonds is 2. The third-order valence-corrected chi connectivity index (χ3v) is 4.17. The van der Waals surface area contributed by atoms with Gasteiger partial charge in [0.1, 0.15) is 11.8 Å². The summed E-state index contributed by atoms with van der Waals surface area (Å²) in [5.41, 5.74) is 10.3. The van der Waals surface area contributed by atoms with Crippen molar-refractivity contribution in [1.82, 2.24) is 19.9 Å². The first-order chi connectivity index (χ1) is 10.3. The summed E-state index contributed by atoms with van der Waals surface area (Å²) in [7, 11) is 0. The quantitative estimate of drug-likeness (QED) is 0.753. The second kappa shape index (κ2) is 4.86. The first-order valence-corrected chi connectivity index (χ1v) is 7.22. The van der Waals surface area contributed by atoms with E-state index in [0.29, 0.717) is 11.7 Å². The molecule has 0 radical (unpaired) electrons. The van der Waals surface area contributed by atoms with Crippen molar-refractivity contribution in [3.63, 3.8) is 0 Å². The van der Waals surface area contributed by atoms with Crippen LogP contribution in [0.1, 0.15) is 17.9 Å². The molecule has 4 rings (SSSR count). The van der Waals surface area contributed by atoms with Gasteiger partial charge in [-0.15, -0.1) is 0 Å². The molecule has 0 spiro atoms. The number of nitrogens with one attached hydrogen (secondary N) is 1. The van der Waals surface area contributed by atoms with Gasteiger partial charge >= 0.3 is 0 Å². The molecule has 1 saturated heterocycles. The minimum absolute atomic E-state index is 0.492. The SMILES string of the molecule is Nc1ncnc2c(C3CCNC3)cn(-c3ccccc3)c12. The van der Waals surface area contributed by atoms with E-state index >= 15 is 0 Å². The van der Waals surface area contributed by atoms with Crippen LogP contribution in [-0.2, 0) is 0 Å². The Bertz CT molecular complexity index is 772. The molecule has 1 aromatic carbocycles. The number of nitrogens with two attached hydrogens (primary N) is 1. The highest BCUT2D eigenvalue weighted by Gasteiger charge is 2.23. The van der Waals surface area contributed by atoms with Gasteiger partial charge in [-0.05, 0) is 25.1 Å². The van der Waals surface area contributed by atoms with Crippen molar-refractivity contribution in [2.75, 3.05) is 18.8 Å². The number of fused-ring (bicyclic) bond motifs is 1. The Kier molecular flexibility index (Phi) is 2.86. The van der Waals surface area contributed by atoms with Gasteiger partial charge in [0.25, 0.3) is 0 Å². The van der Waals surface area contributed by atoms with Crippen molar-refractivity contribution >= 4 is 16.9 Å². The summed E-state index contributed by atoms with van der Waals surface area (Å²) in [4.78, 5) is 8.66. The zero-order chi connectivity index (χ0) is 14.2.